The highest BCUT2D eigenvalue weighted by Crippen LogP contribution is 2.22. The van der Waals surface area contributed by atoms with Crippen LogP contribution in [0.2, 0.25) is 0 Å². The average Bonchev–Trinajstić information content (AvgIpc) is 2.61. The van der Waals surface area contributed by atoms with Crippen molar-refractivity contribution in [1.82, 2.24) is 10.3 Å². The molecule has 0 bridgehead atoms. The van der Waals surface area contributed by atoms with Gasteiger partial charge in [0.2, 0.25) is 0 Å². The predicted octanol–water partition coefficient (Wildman–Crippen LogP) is 3.35. The fourth-order valence-corrected chi connectivity index (χ4v) is 2.65. The maximum Gasteiger partial charge on any atom is 0.129 e. The van der Waals surface area contributed by atoms with Crippen LogP contribution in [-0.4, -0.2) is 23.6 Å². The molecule has 1 saturated heterocycles. The van der Waals surface area contributed by atoms with Gasteiger partial charge in [-0.05, 0) is 31.9 Å². The zero-order chi connectivity index (χ0) is 13.7. The molecule has 1 aromatic rings. The Balaban J connectivity index is 2.08. The van der Waals surface area contributed by atoms with Crippen molar-refractivity contribution < 1.29 is 0 Å². The first-order chi connectivity index (χ1) is 9.16. The van der Waals surface area contributed by atoms with E-state index < -0.39 is 0 Å². The van der Waals surface area contributed by atoms with E-state index in [1.165, 1.54) is 25.7 Å². The molecule has 106 valence electrons. The standard InChI is InChI=1S/C16H27N3/c1-13(2)17-12-15-9-7-10-16(18-15)19-11-6-4-5-8-14(19)3/h7,9-10,13-14,17H,4-6,8,11-12H2,1-3H3. The van der Waals surface area contributed by atoms with Crippen LogP contribution in [0.25, 0.3) is 0 Å². The monoisotopic (exact) mass is 261 g/mol. The summed E-state index contributed by atoms with van der Waals surface area (Å²) in [7, 11) is 0. The van der Waals surface area contributed by atoms with E-state index in [2.05, 4.69) is 49.2 Å². The Kier molecular flexibility index (Phi) is 5.20. The molecule has 0 amide bonds. The fraction of sp³-hybridized carbons (Fsp3) is 0.688. The molecule has 1 atom stereocenters. The van der Waals surface area contributed by atoms with Crippen molar-refractivity contribution >= 4 is 5.82 Å². The molecule has 2 rings (SSSR count). The number of aromatic nitrogens is 1. The summed E-state index contributed by atoms with van der Waals surface area (Å²) in [5.74, 6) is 1.15. The van der Waals surface area contributed by atoms with Crippen LogP contribution in [0.3, 0.4) is 0 Å². The fourth-order valence-electron chi connectivity index (χ4n) is 2.65. The van der Waals surface area contributed by atoms with Crippen LogP contribution in [0, 0.1) is 0 Å². The van der Waals surface area contributed by atoms with Crippen molar-refractivity contribution in [3.05, 3.63) is 23.9 Å². The number of rotatable bonds is 4. The molecule has 3 nitrogen and oxygen atoms in total. The molecule has 1 fully saturated rings. The molecule has 0 aliphatic carbocycles. The average molecular weight is 261 g/mol. The predicted molar refractivity (Wildman–Crippen MR) is 81.5 cm³/mol. The normalized spacial score (nSPS) is 20.6. The highest BCUT2D eigenvalue weighted by molar-refractivity contribution is 5.40. The largest absolute Gasteiger partial charge is 0.354 e. The summed E-state index contributed by atoms with van der Waals surface area (Å²) >= 11 is 0. The Morgan fingerprint density at radius 2 is 2.16 bits per heavy atom. The van der Waals surface area contributed by atoms with Crippen LogP contribution in [0.5, 0.6) is 0 Å². The van der Waals surface area contributed by atoms with Gasteiger partial charge in [0.25, 0.3) is 0 Å². The summed E-state index contributed by atoms with van der Waals surface area (Å²) in [6.07, 6.45) is 5.29. The van der Waals surface area contributed by atoms with Gasteiger partial charge in [0.1, 0.15) is 5.82 Å². The SMILES string of the molecule is CC(C)NCc1cccc(N2CCCCCC2C)n1. The summed E-state index contributed by atoms with van der Waals surface area (Å²) in [6.45, 7) is 8.66. The Bertz CT molecular complexity index is 389. The number of anilines is 1. The van der Waals surface area contributed by atoms with Crippen molar-refractivity contribution in [2.24, 2.45) is 0 Å². The molecule has 0 aromatic carbocycles. The first-order valence-electron chi connectivity index (χ1n) is 7.63. The summed E-state index contributed by atoms with van der Waals surface area (Å²) < 4.78 is 0. The second-order valence-electron chi connectivity index (χ2n) is 5.91. The van der Waals surface area contributed by atoms with Gasteiger partial charge < -0.3 is 10.2 Å². The molecule has 1 aliphatic heterocycles. The maximum absolute atomic E-state index is 4.82. The molecule has 3 heteroatoms. The molecular formula is C16H27N3. The minimum absolute atomic E-state index is 0.502. The molecule has 19 heavy (non-hydrogen) atoms. The van der Waals surface area contributed by atoms with Crippen LogP contribution >= 0.6 is 0 Å². The van der Waals surface area contributed by atoms with E-state index >= 15 is 0 Å². The Hall–Kier alpha value is -1.09. The summed E-state index contributed by atoms with van der Waals surface area (Å²) in [5, 5.41) is 3.43. The van der Waals surface area contributed by atoms with Crippen molar-refractivity contribution in [2.45, 2.75) is 65.1 Å². The Morgan fingerprint density at radius 1 is 1.32 bits per heavy atom. The van der Waals surface area contributed by atoms with Gasteiger partial charge in [0, 0.05) is 25.2 Å². The third kappa shape index (κ3) is 4.20. The van der Waals surface area contributed by atoms with Crippen LogP contribution in [0.1, 0.15) is 52.1 Å². The first-order valence-corrected chi connectivity index (χ1v) is 7.63. The quantitative estimate of drug-likeness (QED) is 0.901. The van der Waals surface area contributed by atoms with Crippen LogP contribution in [0.4, 0.5) is 5.82 Å². The third-order valence-electron chi connectivity index (χ3n) is 3.83. The van der Waals surface area contributed by atoms with Gasteiger partial charge in [-0.25, -0.2) is 4.98 Å². The van der Waals surface area contributed by atoms with Gasteiger partial charge >= 0.3 is 0 Å². The number of pyridine rings is 1. The van der Waals surface area contributed by atoms with E-state index in [0.717, 1.165) is 24.6 Å². The van der Waals surface area contributed by atoms with Crippen molar-refractivity contribution in [2.75, 3.05) is 11.4 Å². The first kappa shape index (κ1) is 14.3. The van der Waals surface area contributed by atoms with E-state index in [1.807, 2.05) is 0 Å². The summed E-state index contributed by atoms with van der Waals surface area (Å²) in [4.78, 5) is 7.30. The molecule has 0 spiro atoms. The summed E-state index contributed by atoms with van der Waals surface area (Å²) in [6, 6.07) is 7.52. The number of hydrogen-bond acceptors (Lipinski definition) is 3. The molecular weight excluding hydrogens is 234 g/mol. The van der Waals surface area contributed by atoms with Crippen molar-refractivity contribution in [3.63, 3.8) is 0 Å². The van der Waals surface area contributed by atoms with Gasteiger partial charge in [-0.15, -0.1) is 0 Å². The van der Waals surface area contributed by atoms with Gasteiger partial charge in [-0.3, -0.25) is 0 Å². The molecule has 0 saturated carbocycles. The smallest absolute Gasteiger partial charge is 0.129 e. The topological polar surface area (TPSA) is 28.2 Å². The van der Waals surface area contributed by atoms with Gasteiger partial charge in [-0.1, -0.05) is 32.8 Å². The number of nitrogens with zero attached hydrogens (tertiary/aromatic N) is 2. The highest BCUT2D eigenvalue weighted by atomic mass is 15.2. The second kappa shape index (κ2) is 6.90. The zero-order valence-corrected chi connectivity index (χ0v) is 12.5. The van der Waals surface area contributed by atoms with Gasteiger partial charge in [0.15, 0.2) is 0 Å². The third-order valence-corrected chi connectivity index (χ3v) is 3.83. The Morgan fingerprint density at radius 3 is 2.95 bits per heavy atom. The molecule has 1 N–H and O–H groups in total. The van der Waals surface area contributed by atoms with E-state index in [1.54, 1.807) is 0 Å². The van der Waals surface area contributed by atoms with Crippen LogP contribution in [0.15, 0.2) is 18.2 Å². The number of hydrogen-bond donors (Lipinski definition) is 1. The number of nitrogens with one attached hydrogen (secondary N) is 1. The summed E-state index contributed by atoms with van der Waals surface area (Å²) in [5.41, 5.74) is 1.14. The van der Waals surface area contributed by atoms with E-state index in [-0.39, 0.29) is 0 Å². The van der Waals surface area contributed by atoms with Crippen molar-refractivity contribution in [1.29, 1.82) is 0 Å². The molecule has 1 unspecified atom stereocenters. The van der Waals surface area contributed by atoms with E-state index in [4.69, 9.17) is 4.98 Å². The van der Waals surface area contributed by atoms with Gasteiger partial charge in [-0.2, -0.15) is 0 Å². The Labute approximate surface area is 117 Å². The molecule has 0 radical (unpaired) electrons. The lowest BCUT2D eigenvalue weighted by Gasteiger charge is -2.28. The lowest BCUT2D eigenvalue weighted by molar-refractivity contribution is 0.577. The van der Waals surface area contributed by atoms with Crippen LogP contribution < -0.4 is 10.2 Å². The maximum atomic E-state index is 4.82. The van der Waals surface area contributed by atoms with E-state index in [9.17, 15) is 0 Å². The molecule has 1 aromatic heterocycles. The molecule has 2 heterocycles. The van der Waals surface area contributed by atoms with E-state index in [0.29, 0.717) is 12.1 Å². The highest BCUT2D eigenvalue weighted by Gasteiger charge is 2.18. The zero-order valence-electron chi connectivity index (χ0n) is 12.5. The molecule has 1 aliphatic rings. The minimum Gasteiger partial charge on any atom is -0.354 e. The second-order valence-corrected chi connectivity index (χ2v) is 5.91. The lowest BCUT2D eigenvalue weighted by Crippen LogP contribution is -2.33. The van der Waals surface area contributed by atoms with Gasteiger partial charge in [0.05, 0.1) is 5.69 Å². The minimum atomic E-state index is 0.502. The van der Waals surface area contributed by atoms with Crippen molar-refractivity contribution in [3.8, 4) is 0 Å². The van der Waals surface area contributed by atoms with Crippen LogP contribution in [-0.2, 0) is 6.54 Å². The lowest BCUT2D eigenvalue weighted by atomic mass is 10.1.